The van der Waals surface area contributed by atoms with Gasteiger partial charge in [0.25, 0.3) is 5.91 Å². The number of amidine groups is 1. The third-order valence-corrected chi connectivity index (χ3v) is 3.61. The van der Waals surface area contributed by atoms with Crippen molar-refractivity contribution in [3.05, 3.63) is 28.5 Å². The minimum absolute atomic E-state index is 0.0796. The molecule has 1 aromatic rings. The molecule has 0 aliphatic carbocycles. The Bertz CT molecular complexity index is 506. The molecule has 6 nitrogen and oxygen atoms in total. The number of halogens is 1. The standard InChI is InChI=1S/C12H15BrN4O2/c13-9-5-8(6-15-7-9)12(18)17-4-2-1-3-10(17)11(14)16-19/h5-7,10,19H,1-4H2,(H2,14,16). The van der Waals surface area contributed by atoms with Gasteiger partial charge in [-0.05, 0) is 41.3 Å². The fraction of sp³-hybridized carbons (Fsp3) is 0.417. The summed E-state index contributed by atoms with van der Waals surface area (Å²) in [5, 5.41) is 11.8. The van der Waals surface area contributed by atoms with E-state index >= 15 is 0 Å². The number of hydrogen-bond acceptors (Lipinski definition) is 4. The van der Waals surface area contributed by atoms with Crippen molar-refractivity contribution in [3.63, 3.8) is 0 Å². The summed E-state index contributed by atoms with van der Waals surface area (Å²) >= 11 is 3.29. The first-order valence-corrected chi connectivity index (χ1v) is 6.81. The Hall–Kier alpha value is -1.63. The number of rotatable bonds is 2. The van der Waals surface area contributed by atoms with Gasteiger partial charge in [-0.25, -0.2) is 0 Å². The first-order valence-electron chi connectivity index (χ1n) is 6.02. The second-order valence-corrected chi connectivity index (χ2v) is 5.34. The zero-order valence-electron chi connectivity index (χ0n) is 10.3. The van der Waals surface area contributed by atoms with E-state index in [1.807, 2.05) is 0 Å². The number of nitrogens with two attached hydrogens (primary N) is 1. The number of oxime groups is 1. The number of pyridine rings is 1. The second kappa shape index (κ2) is 6.01. The Morgan fingerprint density at radius 3 is 3.00 bits per heavy atom. The van der Waals surface area contributed by atoms with Gasteiger partial charge in [0.05, 0.1) is 11.6 Å². The summed E-state index contributed by atoms with van der Waals surface area (Å²) in [5.41, 5.74) is 6.16. The van der Waals surface area contributed by atoms with Crippen LogP contribution in [0.2, 0.25) is 0 Å². The van der Waals surface area contributed by atoms with Crippen molar-refractivity contribution < 1.29 is 10.0 Å². The van der Waals surface area contributed by atoms with Crippen LogP contribution in [0.15, 0.2) is 28.1 Å². The predicted octanol–water partition coefficient (Wildman–Crippen LogP) is 1.59. The molecule has 0 saturated carbocycles. The van der Waals surface area contributed by atoms with Crippen LogP contribution in [0.3, 0.4) is 0 Å². The molecule has 0 bridgehead atoms. The number of carbonyl (C=O) groups excluding carboxylic acids is 1. The second-order valence-electron chi connectivity index (χ2n) is 4.43. The Morgan fingerprint density at radius 1 is 1.53 bits per heavy atom. The Balaban J connectivity index is 2.25. The fourth-order valence-electron chi connectivity index (χ4n) is 2.24. The van der Waals surface area contributed by atoms with Crippen LogP contribution in [-0.4, -0.2) is 39.4 Å². The van der Waals surface area contributed by atoms with Crippen molar-refractivity contribution >= 4 is 27.7 Å². The summed E-state index contributed by atoms with van der Waals surface area (Å²) < 4.78 is 0.746. The van der Waals surface area contributed by atoms with Crippen molar-refractivity contribution in [1.29, 1.82) is 0 Å². The zero-order valence-corrected chi connectivity index (χ0v) is 11.9. The zero-order chi connectivity index (χ0) is 13.8. The lowest BCUT2D eigenvalue weighted by molar-refractivity contribution is 0.0676. The van der Waals surface area contributed by atoms with E-state index in [0.717, 1.165) is 17.3 Å². The molecule has 1 aromatic heterocycles. The summed E-state index contributed by atoms with van der Waals surface area (Å²) in [6, 6.07) is 1.37. The highest BCUT2D eigenvalue weighted by atomic mass is 79.9. The predicted molar refractivity (Wildman–Crippen MR) is 74.0 cm³/mol. The Morgan fingerprint density at radius 2 is 2.32 bits per heavy atom. The molecule has 0 radical (unpaired) electrons. The number of aromatic nitrogens is 1. The fourth-order valence-corrected chi connectivity index (χ4v) is 2.61. The van der Waals surface area contributed by atoms with Gasteiger partial charge < -0.3 is 15.8 Å². The van der Waals surface area contributed by atoms with Gasteiger partial charge in [-0.2, -0.15) is 0 Å². The lowest BCUT2D eigenvalue weighted by Crippen LogP contribution is -2.50. The summed E-state index contributed by atoms with van der Waals surface area (Å²) in [6.07, 6.45) is 5.73. The van der Waals surface area contributed by atoms with Gasteiger partial charge in [0, 0.05) is 23.4 Å². The van der Waals surface area contributed by atoms with Gasteiger partial charge >= 0.3 is 0 Å². The third-order valence-electron chi connectivity index (χ3n) is 3.17. The average molecular weight is 327 g/mol. The van der Waals surface area contributed by atoms with Crippen LogP contribution in [0.4, 0.5) is 0 Å². The molecule has 1 unspecified atom stereocenters. The molecule has 19 heavy (non-hydrogen) atoms. The van der Waals surface area contributed by atoms with Gasteiger partial charge in [-0.15, -0.1) is 0 Å². The van der Waals surface area contributed by atoms with Crippen molar-refractivity contribution in [3.8, 4) is 0 Å². The van der Waals surface area contributed by atoms with Gasteiger partial charge in [-0.1, -0.05) is 5.16 Å². The van der Waals surface area contributed by atoms with Crippen LogP contribution in [-0.2, 0) is 0 Å². The van der Waals surface area contributed by atoms with Crippen molar-refractivity contribution in [1.82, 2.24) is 9.88 Å². The molecule has 1 aliphatic heterocycles. The molecule has 0 aromatic carbocycles. The van der Waals surface area contributed by atoms with E-state index in [9.17, 15) is 4.79 Å². The summed E-state index contributed by atoms with van der Waals surface area (Å²) in [6.45, 7) is 0.603. The minimum atomic E-state index is -0.342. The van der Waals surface area contributed by atoms with Crippen LogP contribution < -0.4 is 5.73 Å². The summed E-state index contributed by atoms with van der Waals surface area (Å²) in [5.74, 6) is -0.0684. The van der Waals surface area contributed by atoms with Crippen LogP contribution in [0, 0.1) is 0 Å². The molecule has 2 heterocycles. The first-order chi connectivity index (χ1) is 9.13. The normalized spacial score (nSPS) is 20.4. The highest BCUT2D eigenvalue weighted by molar-refractivity contribution is 9.10. The van der Waals surface area contributed by atoms with Crippen molar-refractivity contribution in [2.75, 3.05) is 6.54 Å². The van der Waals surface area contributed by atoms with E-state index in [-0.39, 0.29) is 17.8 Å². The monoisotopic (exact) mass is 326 g/mol. The van der Waals surface area contributed by atoms with E-state index in [2.05, 4.69) is 26.1 Å². The van der Waals surface area contributed by atoms with Crippen LogP contribution >= 0.6 is 15.9 Å². The summed E-state index contributed by atoms with van der Waals surface area (Å²) in [4.78, 5) is 18.1. The van der Waals surface area contributed by atoms with E-state index < -0.39 is 0 Å². The van der Waals surface area contributed by atoms with Crippen LogP contribution in [0.25, 0.3) is 0 Å². The number of piperidine rings is 1. The van der Waals surface area contributed by atoms with E-state index in [4.69, 9.17) is 10.9 Å². The molecular formula is C12H15BrN4O2. The maximum absolute atomic E-state index is 12.5. The van der Waals surface area contributed by atoms with Crippen molar-refractivity contribution in [2.45, 2.75) is 25.3 Å². The lowest BCUT2D eigenvalue weighted by Gasteiger charge is -2.34. The maximum Gasteiger partial charge on any atom is 0.256 e. The molecule has 2 rings (SSSR count). The molecule has 1 fully saturated rings. The molecule has 1 aliphatic rings. The molecule has 7 heteroatoms. The largest absolute Gasteiger partial charge is 0.409 e. The molecule has 0 spiro atoms. The Labute approximate surface area is 119 Å². The molecular weight excluding hydrogens is 312 g/mol. The summed E-state index contributed by atoms with van der Waals surface area (Å²) in [7, 11) is 0. The SMILES string of the molecule is NC(=NO)C1CCCCN1C(=O)c1cncc(Br)c1. The van der Waals surface area contributed by atoms with Gasteiger partial charge in [0.2, 0.25) is 0 Å². The number of likely N-dealkylation sites (tertiary alicyclic amines) is 1. The van der Waals surface area contributed by atoms with Gasteiger partial charge in [0.15, 0.2) is 5.84 Å². The molecule has 1 saturated heterocycles. The highest BCUT2D eigenvalue weighted by Gasteiger charge is 2.30. The maximum atomic E-state index is 12.5. The first kappa shape index (κ1) is 13.8. The third kappa shape index (κ3) is 3.04. The molecule has 3 N–H and O–H groups in total. The molecule has 102 valence electrons. The van der Waals surface area contributed by atoms with Gasteiger partial charge in [-0.3, -0.25) is 9.78 Å². The smallest absolute Gasteiger partial charge is 0.256 e. The number of hydrogen-bond donors (Lipinski definition) is 2. The lowest BCUT2D eigenvalue weighted by atomic mass is 10.0. The van der Waals surface area contributed by atoms with Gasteiger partial charge in [0.1, 0.15) is 0 Å². The van der Waals surface area contributed by atoms with E-state index in [1.165, 1.54) is 6.20 Å². The number of carbonyl (C=O) groups is 1. The highest BCUT2D eigenvalue weighted by Crippen LogP contribution is 2.20. The van der Waals surface area contributed by atoms with E-state index in [1.54, 1.807) is 17.2 Å². The molecule has 1 amide bonds. The number of amides is 1. The Kier molecular flexibility index (Phi) is 4.36. The average Bonchev–Trinajstić information content (AvgIpc) is 2.45. The van der Waals surface area contributed by atoms with Crippen molar-refractivity contribution in [2.24, 2.45) is 10.9 Å². The molecule has 1 atom stereocenters. The quantitative estimate of drug-likeness (QED) is 0.373. The van der Waals surface area contributed by atoms with E-state index in [0.29, 0.717) is 18.5 Å². The topological polar surface area (TPSA) is 91.8 Å². The van der Waals surface area contributed by atoms with Crippen LogP contribution in [0.5, 0.6) is 0 Å². The number of nitrogens with zero attached hydrogens (tertiary/aromatic N) is 3. The van der Waals surface area contributed by atoms with Crippen LogP contribution in [0.1, 0.15) is 29.6 Å². The minimum Gasteiger partial charge on any atom is -0.409 e.